The van der Waals surface area contributed by atoms with Crippen molar-refractivity contribution < 1.29 is 4.74 Å². The third-order valence-corrected chi connectivity index (χ3v) is 4.61. The van der Waals surface area contributed by atoms with Gasteiger partial charge in [-0.3, -0.25) is 4.90 Å². The van der Waals surface area contributed by atoms with Gasteiger partial charge in [0.05, 0.1) is 12.1 Å². The molecule has 0 aliphatic carbocycles. The molecule has 0 radical (unpaired) electrons. The van der Waals surface area contributed by atoms with Crippen molar-refractivity contribution in [3.05, 3.63) is 64.4 Å². The highest BCUT2D eigenvalue weighted by molar-refractivity contribution is 6.31. The van der Waals surface area contributed by atoms with Crippen molar-refractivity contribution in [2.75, 3.05) is 13.7 Å². The van der Waals surface area contributed by atoms with Gasteiger partial charge >= 0.3 is 0 Å². The minimum absolute atomic E-state index is 0.647. The van der Waals surface area contributed by atoms with Gasteiger partial charge < -0.3 is 4.74 Å². The summed E-state index contributed by atoms with van der Waals surface area (Å²) >= 11 is 6.05. The molecule has 5 heteroatoms. The summed E-state index contributed by atoms with van der Waals surface area (Å²) in [4.78, 5) is 11.5. The van der Waals surface area contributed by atoms with Crippen LogP contribution in [0.1, 0.15) is 16.8 Å². The maximum Gasteiger partial charge on any atom is 0.159 e. The maximum absolute atomic E-state index is 6.05. The normalized spacial score (nSPS) is 14.6. The third-order valence-electron chi connectivity index (χ3n) is 4.40. The van der Waals surface area contributed by atoms with Gasteiger partial charge in [-0.25, -0.2) is 9.97 Å². The summed E-state index contributed by atoms with van der Waals surface area (Å²) in [7, 11) is 1.70. The molecule has 1 aliphatic rings. The van der Waals surface area contributed by atoms with E-state index < -0.39 is 0 Å². The molecule has 0 saturated heterocycles. The average Bonchev–Trinajstić information content (AvgIpc) is 2.60. The molecule has 2 aromatic heterocycles. The quantitative estimate of drug-likeness (QED) is 0.726. The standard InChI is InChI=1S/C19H18ClN3O/c1-24-17-4-2-3-13(7-17)11-23-6-5-18-15(12-23)8-14-9-16(20)10-21-19(14)22-18/h2-4,7-10H,5-6,11-12H2,1H3. The van der Waals surface area contributed by atoms with Crippen LogP contribution in [0.5, 0.6) is 5.75 Å². The van der Waals surface area contributed by atoms with Crippen molar-refractivity contribution in [1.29, 1.82) is 0 Å². The Hall–Kier alpha value is -2.17. The highest BCUT2D eigenvalue weighted by Crippen LogP contribution is 2.24. The number of hydrogen-bond donors (Lipinski definition) is 0. The minimum Gasteiger partial charge on any atom is -0.497 e. The second kappa shape index (κ2) is 6.38. The van der Waals surface area contributed by atoms with E-state index in [2.05, 4.69) is 28.1 Å². The van der Waals surface area contributed by atoms with Gasteiger partial charge in [0.1, 0.15) is 5.75 Å². The first-order valence-corrected chi connectivity index (χ1v) is 8.38. The summed E-state index contributed by atoms with van der Waals surface area (Å²) in [6, 6.07) is 12.3. The number of halogens is 1. The zero-order valence-corrected chi connectivity index (χ0v) is 14.3. The van der Waals surface area contributed by atoms with Gasteiger partial charge in [-0.2, -0.15) is 0 Å². The molecule has 0 amide bonds. The first-order valence-electron chi connectivity index (χ1n) is 8.00. The molecule has 1 aliphatic heterocycles. The fraction of sp³-hybridized carbons (Fsp3) is 0.263. The SMILES string of the molecule is COc1cccc(CN2CCc3nc4ncc(Cl)cc4cc3C2)c1. The van der Waals surface area contributed by atoms with Crippen LogP contribution in [0, 0.1) is 0 Å². The summed E-state index contributed by atoms with van der Waals surface area (Å²) < 4.78 is 5.31. The zero-order valence-electron chi connectivity index (χ0n) is 13.5. The Morgan fingerprint density at radius 1 is 1.25 bits per heavy atom. The summed E-state index contributed by atoms with van der Waals surface area (Å²) in [6.45, 7) is 2.79. The van der Waals surface area contributed by atoms with Gasteiger partial charge in [-0.15, -0.1) is 0 Å². The molecule has 3 heterocycles. The van der Waals surface area contributed by atoms with E-state index in [0.29, 0.717) is 5.02 Å². The molecule has 0 unspecified atom stereocenters. The van der Waals surface area contributed by atoms with Crippen LogP contribution >= 0.6 is 11.6 Å². The summed E-state index contributed by atoms with van der Waals surface area (Å²) in [5.41, 5.74) is 4.45. The first-order chi connectivity index (χ1) is 11.7. The lowest BCUT2D eigenvalue weighted by atomic mass is 10.0. The molecule has 4 rings (SSSR count). The Labute approximate surface area is 146 Å². The Balaban J connectivity index is 1.58. The molecule has 0 N–H and O–H groups in total. The Bertz CT molecular complexity index is 897. The van der Waals surface area contributed by atoms with Gasteiger partial charge in [0.25, 0.3) is 0 Å². The molecule has 122 valence electrons. The van der Waals surface area contributed by atoms with Crippen LogP contribution < -0.4 is 4.74 Å². The molecule has 0 saturated carbocycles. The second-order valence-corrected chi connectivity index (χ2v) is 6.54. The number of fused-ring (bicyclic) bond motifs is 2. The molecule has 24 heavy (non-hydrogen) atoms. The van der Waals surface area contributed by atoms with E-state index in [1.165, 1.54) is 11.1 Å². The van der Waals surface area contributed by atoms with Gasteiger partial charge in [0, 0.05) is 43.3 Å². The van der Waals surface area contributed by atoms with Gasteiger partial charge in [0.2, 0.25) is 0 Å². The lowest BCUT2D eigenvalue weighted by Gasteiger charge is -2.28. The number of nitrogens with zero attached hydrogens (tertiary/aromatic N) is 3. The van der Waals surface area contributed by atoms with Crippen LogP contribution in [0.15, 0.2) is 42.6 Å². The fourth-order valence-corrected chi connectivity index (χ4v) is 3.39. The monoisotopic (exact) mass is 339 g/mol. The number of hydrogen-bond acceptors (Lipinski definition) is 4. The first kappa shape index (κ1) is 15.4. The maximum atomic E-state index is 6.05. The van der Waals surface area contributed by atoms with Crippen LogP contribution in [0.2, 0.25) is 5.02 Å². The van der Waals surface area contributed by atoms with E-state index in [-0.39, 0.29) is 0 Å². The van der Waals surface area contributed by atoms with Crippen molar-refractivity contribution in [2.24, 2.45) is 0 Å². The number of benzene rings is 1. The molecular formula is C19H18ClN3O. The molecule has 0 bridgehead atoms. The summed E-state index contributed by atoms with van der Waals surface area (Å²) in [6.07, 6.45) is 2.60. The Morgan fingerprint density at radius 2 is 2.17 bits per heavy atom. The molecule has 1 aromatic carbocycles. The van der Waals surface area contributed by atoms with Gasteiger partial charge in [-0.1, -0.05) is 23.7 Å². The predicted molar refractivity (Wildman–Crippen MR) is 95.4 cm³/mol. The van der Waals surface area contributed by atoms with Crippen molar-refractivity contribution >= 4 is 22.6 Å². The van der Waals surface area contributed by atoms with Crippen LogP contribution in [0.4, 0.5) is 0 Å². The van der Waals surface area contributed by atoms with Gasteiger partial charge in [-0.05, 0) is 35.4 Å². The number of aromatic nitrogens is 2. The largest absolute Gasteiger partial charge is 0.497 e. The minimum atomic E-state index is 0.647. The molecule has 4 nitrogen and oxygen atoms in total. The molecule has 0 spiro atoms. The summed E-state index contributed by atoms with van der Waals surface area (Å²) in [5, 5.41) is 1.65. The molecule has 0 atom stereocenters. The number of ether oxygens (including phenoxy) is 1. The van der Waals surface area contributed by atoms with Crippen molar-refractivity contribution in [3.63, 3.8) is 0 Å². The number of pyridine rings is 2. The van der Waals surface area contributed by atoms with Crippen molar-refractivity contribution in [3.8, 4) is 5.75 Å². The summed E-state index contributed by atoms with van der Waals surface area (Å²) in [5.74, 6) is 0.901. The van der Waals surface area contributed by atoms with Crippen LogP contribution in [-0.2, 0) is 19.5 Å². The van der Waals surface area contributed by atoms with E-state index >= 15 is 0 Å². The Kier molecular flexibility index (Phi) is 4.08. The van der Waals surface area contributed by atoms with E-state index in [9.17, 15) is 0 Å². The zero-order chi connectivity index (χ0) is 16.5. The van der Waals surface area contributed by atoms with Crippen LogP contribution in [0.25, 0.3) is 11.0 Å². The van der Waals surface area contributed by atoms with E-state index in [0.717, 1.165) is 48.5 Å². The third kappa shape index (κ3) is 3.07. The van der Waals surface area contributed by atoms with Gasteiger partial charge in [0.15, 0.2) is 5.65 Å². The van der Waals surface area contributed by atoms with E-state index in [1.807, 2.05) is 18.2 Å². The topological polar surface area (TPSA) is 38.2 Å². The number of rotatable bonds is 3. The molecule has 0 fully saturated rings. The van der Waals surface area contributed by atoms with Crippen LogP contribution in [-0.4, -0.2) is 28.5 Å². The highest BCUT2D eigenvalue weighted by atomic mass is 35.5. The van der Waals surface area contributed by atoms with Crippen molar-refractivity contribution in [2.45, 2.75) is 19.5 Å². The fourth-order valence-electron chi connectivity index (χ4n) is 3.22. The Morgan fingerprint density at radius 3 is 3.04 bits per heavy atom. The van der Waals surface area contributed by atoms with E-state index in [1.54, 1.807) is 13.3 Å². The smallest absolute Gasteiger partial charge is 0.159 e. The molecule has 3 aromatic rings. The predicted octanol–water partition coefficient (Wildman–Crippen LogP) is 3.85. The molecular weight excluding hydrogens is 322 g/mol. The van der Waals surface area contributed by atoms with Crippen molar-refractivity contribution in [1.82, 2.24) is 14.9 Å². The van der Waals surface area contributed by atoms with Crippen LogP contribution in [0.3, 0.4) is 0 Å². The lowest BCUT2D eigenvalue weighted by Crippen LogP contribution is -2.30. The average molecular weight is 340 g/mol. The lowest BCUT2D eigenvalue weighted by molar-refractivity contribution is 0.243. The van der Waals surface area contributed by atoms with E-state index in [4.69, 9.17) is 21.3 Å². The number of methoxy groups -OCH3 is 1. The highest BCUT2D eigenvalue weighted by Gasteiger charge is 2.18. The second-order valence-electron chi connectivity index (χ2n) is 6.11.